The number of amides is 1. The Hall–Kier alpha value is -1.41. The normalized spacial score (nSPS) is 22.2. The van der Waals surface area contributed by atoms with E-state index >= 15 is 0 Å². The van der Waals surface area contributed by atoms with E-state index in [2.05, 4.69) is 80.9 Å². The molecule has 0 radical (unpaired) electrons. The van der Waals surface area contributed by atoms with Crippen LogP contribution in [-0.2, 0) is 23.4 Å². The average Bonchev–Trinajstić information content (AvgIpc) is 3.26. The van der Waals surface area contributed by atoms with Crippen LogP contribution in [0.2, 0.25) is 0 Å². The minimum absolute atomic E-state index is 0.0501. The first-order valence-corrected chi connectivity index (χ1v) is 16.8. The number of benzene rings is 1. The Kier molecular flexibility index (Phi) is 8.05. The Morgan fingerprint density at radius 1 is 1.13 bits per heavy atom. The Morgan fingerprint density at radius 2 is 1.82 bits per heavy atom. The molecule has 1 aromatic carbocycles. The second-order valence-electron chi connectivity index (χ2n) is 12.7. The number of rotatable bonds is 7. The van der Waals surface area contributed by atoms with Crippen LogP contribution in [0.3, 0.4) is 0 Å². The lowest BCUT2D eigenvalue weighted by molar-refractivity contribution is 0.0942. The van der Waals surface area contributed by atoms with Crippen molar-refractivity contribution in [2.45, 2.75) is 116 Å². The summed E-state index contributed by atoms with van der Waals surface area (Å²) in [5.74, 6) is 2.95. The summed E-state index contributed by atoms with van der Waals surface area (Å²) in [5, 5.41) is 3.26. The van der Waals surface area contributed by atoms with Gasteiger partial charge in [0.2, 0.25) is 0 Å². The largest absolute Gasteiger partial charge is 0.593 e. The highest BCUT2D eigenvalue weighted by Crippen LogP contribution is 2.49. The minimum Gasteiger partial charge on any atom is -0.593 e. The number of aromatic nitrogens is 1. The van der Waals surface area contributed by atoms with Gasteiger partial charge in [0.25, 0.3) is 5.91 Å². The van der Waals surface area contributed by atoms with Gasteiger partial charge in [0, 0.05) is 46.6 Å². The third kappa shape index (κ3) is 4.97. The topological polar surface area (TPSA) is 60.3 Å². The number of nitrogens with zero attached hydrogens (tertiary/aromatic N) is 2. The van der Waals surface area contributed by atoms with Crippen molar-refractivity contribution >= 4 is 29.0 Å². The van der Waals surface area contributed by atoms with E-state index < -0.39 is 11.4 Å². The molecule has 3 heterocycles. The summed E-state index contributed by atoms with van der Waals surface area (Å²) in [5.41, 5.74) is 6.10. The van der Waals surface area contributed by atoms with Gasteiger partial charge in [-0.2, -0.15) is 11.8 Å². The van der Waals surface area contributed by atoms with Gasteiger partial charge in [0.1, 0.15) is 0 Å². The fourth-order valence-corrected chi connectivity index (χ4v) is 9.42. The molecule has 0 bridgehead atoms. The van der Waals surface area contributed by atoms with Gasteiger partial charge in [-0.1, -0.05) is 33.1 Å². The van der Waals surface area contributed by atoms with Crippen LogP contribution in [0.5, 0.6) is 0 Å². The van der Waals surface area contributed by atoms with E-state index in [4.69, 9.17) is 0 Å². The molecule has 2 fully saturated rings. The molecule has 1 saturated heterocycles. The van der Waals surface area contributed by atoms with E-state index in [1.165, 1.54) is 32.1 Å². The molecule has 1 atom stereocenters. The smallest absolute Gasteiger partial charge is 0.253 e. The summed E-state index contributed by atoms with van der Waals surface area (Å²) < 4.78 is 18.4. The third-order valence-electron chi connectivity index (χ3n) is 8.82. The minimum atomic E-state index is -1.19. The Bertz CT molecular complexity index is 1190. The fourth-order valence-electron chi connectivity index (χ4n) is 6.70. The molecule has 7 heteroatoms. The predicted octanol–water partition coefficient (Wildman–Crippen LogP) is 6.99. The van der Waals surface area contributed by atoms with Crippen molar-refractivity contribution in [3.8, 4) is 11.3 Å². The molecule has 2 aliphatic heterocycles. The van der Waals surface area contributed by atoms with Crippen LogP contribution in [0, 0.1) is 12.8 Å². The summed E-state index contributed by atoms with van der Waals surface area (Å²) in [6, 6.07) is 7.11. The van der Waals surface area contributed by atoms with Crippen molar-refractivity contribution in [2.75, 3.05) is 11.5 Å². The van der Waals surface area contributed by atoms with Crippen LogP contribution in [0.25, 0.3) is 11.3 Å². The molecular weight excluding hydrogens is 510 g/mol. The molecular formula is C31H45N3O2S2. The molecule has 38 heavy (non-hydrogen) atoms. The SMILES string of the molecule is Cc1c(C(=O)NC2CSC2)cc(-c2cc(C(C)C)c3c(c2)C(C)(C)N(C(C)C)[S+]3[O-])n1CC1CCCCC1. The van der Waals surface area contributed by atoms with Gasteiger partial charge in [0.15, 0.2) is 4.90 Å². The Morgan fingerprint density at radius 3 is 2.39 bits per heavy atom. The number of fused-ring (bicyclic) bond motifs is 1. The molecule has 3 aliphatic rings. The molecule has 208 valence electrons. The summed E-state index contributed by atoms with van der Waals surface area (Å²) in [6.07, 6.45) is 6.45. The van der Waals surface area contributed by atoms with Crippen LogP contribution in [-0.4, -0.2) is 42.9 Å². The van der Waals surface area contributed by atoms with Crippen molar-refractivity contribution < 1.29 is 9.35 Å². The maximum Gasteiger partial charge on any atom is 0.253 e. The van der Waals surface area contributed by atoms with Crippen molar-refractivity contribution in [1.82, 2.24) is 14.2 Å². The van der Waals surface area contributed by atoms with Gasteiger partial charge in [-0.3, -0.25) is 4.79 Å². The first-order chi connectivity index (χ1) is 18.0. The quantitative estimate of drug-likeness (QED) is 0.374. The van der Waals surface area contributed by atoms with Crippen LogP contribution in [0.1, 0.15) is 107 Å². The number of carbonyl (C=O) groups excluding carboxylic acids is 1. The van der Waals surface area contributed by atoms with Crippen molar-refractivity contribution in [1.29, 1.82) is 0 Å². The second kappa shape index (κ2) is 10.9. The van der Waals surface area contributed by atoms with Gasteiger partial charge < -0.3 is 14.4 Å². The maximum atomic E-state index is 13.8. The zero-order valence-electron chi connectivity index (χ0n) is 24.2. The first-order valence-electron chi connectivity index (χ1n) is 14.5. The summed E-state index contributed by atoms with van der Waals surface area (Å²) in [6.45, 7) is 16.1. The monoisotopic (exact) mass is 555 g/mol. The highest BCUT2D eigenvalue weighted by Gasteiger charge is 2.52. The highest BCUT2D eigenvalue weighted by molar-refractivity contribution is 8.00. The zero-order chi connectivity index (χ0) is 27.4. The predicted molar refractivity (Wildman–Crippen MR) is 160 cm³/mol. The number of hydrogen-bond donors (Lipinski definition) is 1. The Balaban J connectivity index is 1.64. The molecule has 5 nitrogen and oxygen atoms in total. The van der Waals surface area contributed by atoms with Gasteiger partial charge in [0.05, 0.1) is 28.5 Å². The van der Waals surface area contributed by atoms with Crippen LogP contribution in [0.15, 0.2) is 23.1 Å². The van der Waals surface area contributed by atoms with Gasteiger partial charge in [-0.05, 0) is 83.1 Å². The maximum absolute atomic E-state index is 13.8. The molecule has 1 N–H and O–H groups in total. The van der Waals surface area contributed by atoms with Crippen molar-refractivity contribution in [2.24, 2.45) is 5.92 Å². The molecule has 2 aromatic rings. The number of hydrogen-bond acceptors (Lipinski definition) is 4. The standard InChI is InChI=1S/C31H45N3O2S2/c1-19(2)25-13-23(14-27-29(25)38(36)34(20(3)4)31(27,6)7)28-15-26(30(35)32-24-17-37-18-24)21(5)33(28)16-22-11-9-8-10-12-22/h13-15,19-20,22,24H,8-12,16-18H2,1-7H3,(H,32,35). The second-order valence-corrected chi connectivity index (χ2v) is 15.1. The summed E-state index contributed by atoms with van der Waals surface area (Å²) >= 11 is 0.693. The van der Waals surface area contributed by atoms with E-state index in [1.807, 2.05) is 11.8 Å². The number of thioether (sulfide) groups is 1. The third-order valence-corrected chi connectivity index (χ3v) is 12.1. The summed E-state index contributed by atoms with van der Waals surface area (Å²) in [7, 11) is 0. The molecule has 1 amide bonds. The van der Waals surface area contributed by atoms with Gasteiger partial charge in [-0.15, -0.1) is 4.31 Å². The molecule has 1 unspecified atom stereocenters. The highest BCUT2D eigenvalue weighted by atomic mass is 32.2. The first kappa shape index (κ1) is 28.1. The molecule has 0 spiro atoms. The number of carbonyl (C=O) groups is 1. The van der Waals surface area contributed by atoms with Crippen LogP contribution in [0.4, 0.5) is 0 Å². The summed E-state index contributed by atoms with van der Waals surface area (Å²) in [4.78, 5) is 14.4. The number of nitrogens with one attached hydrogen (secondary N) is 1. The molecule has 1 aromatic heterocycles. The van der Waals surface area contributed by atoms with Crippen LogP contribution >= 0.6 is 11.8 Å². The lowest BCUT2D eigenvalue weighted by Gasteiger charge is -2.32. The lowest BCUT2D eigenvalue weighted by Crippen LogP contribution is -2.43. The molecule has 5 rings (SSSR count). The van der Waals surface area contributed by atoms with E-state index in [-0.39, 0.29) is 29.4 Å². The van der Waals surface area contributed by atoms with Gasteiger partial charge in [-0.25, -0.2) is 0 Å². The zero-order valence-corrected chi connectivity index (χ0v) is 25.9. The van der Waals surface area contributed by atoms with Crippen LogP contribution < -0.4 is 5.32 Å². The average molecular weight is 556 g/mol. The fraction of sp³-hybridized carbons (Fsp3) is 0.645. The molecule has 1 aliphatic carbocycles. The van der Waals surface area contributed by atoms with E-state index in [0.29, 0.717) is 5.92 Å². The van der Waals surface area contributed by atoms with Crippen molar-refractivity contribution in [3.05, 3.63) is 40.6 Å². The van der Waals surface area contributed by atoms with Gasteiger partial charge >= 0.3 is 0 Å². The van der Waals surface area contributed by atoms with E-state index in [9.17, 15) is 9.35 Å². The Labute approximate surface area is 236 Å². The van der Waals surface area contributed by atoms with Crippen molar-refractivity contribution in [3.63, 3.8) is 0 Å². The molecule has 1 saturated carbocycles. The van der Waals surface area contributed by atoms with E-state index in [0.717, 1.165) is 56.6 Å². The lowest BCUT2D eigenvalue weighted by atomic mass is 9.87. The van der Waals surface area contributed by atoms with E-state index in [1.54, 1.807) is 0 Å².